The van der Waals surface area contributed by atoms with Gasteiger partial charge in [-0.2, -0.15) is 0 Å². The lowest BCUT2D eigenvalue weighted by Gasteiger charge is -2.25. The zero-order valence-corrected chi connectivity index (χ0v) is 21.1. The van der Waals surface area contributed by atoms with E-state index in [9.17, 15) is 24.0 Å². The second kappa shape index (κ2) is 16.0. The molecule has 0 aliphatic carbocycles. The smallest absolute Gasteiger partial charge is 0.310 e. The summed E-state index contributed by atoms with van der Waals surface area (Å²) in [5.41, 5.74) is 10.6. The van der Waals surface area contributed by atoms with Gasteiger partial charge < -0.3 is 26.7 Å². The van der Waals surface area contributed by atoms with Gasteiger partial charge in [0.25, 0.3) is 0 Å². The molecule has 0 aromatic heterocycles. The van der Waals surface area contributed by atoms with Gasteiger partial charge in [0, 0.05) is 31.2 Å². The fraction of sp³-hybridized carbons (Fsp3) is 0.750. The number of rotatable bonds is 18. The summed E-state index contributed by atoms with van der Waals surface area (Å²) in [6, 6.07) is -0.827. The number of nitrogens with two attached hydrogens (primary N) is 2. The fourth-order valence-corrected chi connectivity index (χ4v) is 3.83. The van der Waals surface area contributed by atoms with Crippen LogP contribution < -0.4 is 16.8 Å². The number of aliphatic carboxylic acids is 1. The zero-order chi connectivity index (χ0) is 26.4. The Morgan fingerprint density at radius 1 is 0.882 bits per heavy atom. The number of carboxylic acids is 1. The molecule has 10 nitrogen and oxygen atoms in total. The molecule has 0 saturated heterocycles. The highest BCUT2D eigenvalue weighted by Gasteiger charge is 2.31. The molecule has 0 radical (unpaired) electrons. The fourth-order valence-electron chi connectivity index (χ4n) is 3.83. The number of aliphatic imine (C=N–C) groups is 1. The molecule has 0 aromatic rings. The lowest BCUT2D eigenvalue weighted by Crippen LogP contribution is -2.45. The maximum Gasteiger partial charge on any atom is 0.310 e. The van der Waals surface area contributed by atoms with Crippen LogP contribution in [0.2, 0.25) is 0 Å². The van der Waals surface area contributed by atoms with E-state index in [0.717, 1.165) is 0 Å². The molecule has 1 unspecified atom stereocenters. The summed E-state index contributed by atoms with van der Waals surface area (Å²) in [4.78, 5) is 65.2. The molecule has 3 atom stereocenters. The molecule has 34 heavy (non-hydrogen) atoms. The number of Topliss-reactive ketones (excluding diaryl/α,β-unsaturated/α-hetero) is 3. The first-order valence-corrected chi connectivity index (χ1v) is 11.8. The lowest BCUT2D eigenvalue weighted by molar-refractivity contribution is -0.142. The minimum atomic E-state index is -1.26. The van der Waals surface area contributed by atoms with Gasteiger partial charge in [0.2, 0.25) is 5.91 Å². The average molecular weight is 483 g/mol. The Bertz CT molecular complexity index is 744. The Morgan fingerprint density at radius 2 is 1.47 bits per heavy atom. The number of nitrogens with zero attached hydrogens (tertiary/aromatic N) is 1. The van der Waals surface area contributed by atoms with Gasteiger partial charge in [-0.25, -0.2) is 0 Å². The number of hydrogen-bond donors (Lipinski definition) is 4. The Hall–Kier alpha value is -2.78. The molecular weight excluding hydrogens is 440 g/mol. The van der Waals surface area contributed by atoms with Crippen molar-refractivity contribution in [2.24, 2.45) is 40.1 Å². The van der Waals surface area contributed by atoms with Gasteiger partial charge >= 0.3 is 5.97 Å². The SMILES string of the molecule is CC(=O)C[C@@H](CC(C)C)C(=O)N[C@@H](CC(C)C)C(=O)CC(CCCN=C(N)N)C(=O)CC(=O)O. The molecule has 0 saturated carbocycles. The van der Waals surface area contributed by atoms with Crippen LogP contribution in [0, 0.1) is 23.7 Å². The highest BCUT2D eigenvalue weighted by molar-refractivity contribution is 5.99. The molecule has 194 valence electrons. The highest BCUT2D eigenvalue weighted by Crippen LogP contribution is 2.21. The number of hydrogen-bond acceptors (Lipinski definition) is 6. The number of carbonyl (C=O) groups is 5. The Kier molecular flexibility index (Phi) is 14.6. The molecule has 0 aliphatic heterocycles. The minimum absolute atomic E-state index is 0.0839. The van der Waals surface area contributed by atoms with E-state index in [1.807, 2.05) is 27.7 Å². The standard InChI is InChI=1S/C24H42N4O6/c1-14(2)9-18(11-16(5)29)23(34)28-19(10-15(3)4)21(31)12-17(20(30)13-22(32)33)7-6-8-27-24(25)26/h14-15,17-19H,6-13H2,1-5H3,(H,28,34)(H,32,33)(H4,25,26,27)/t17?,18-,19+/m1/s1. The van der Waals surface area contributed by atoms with Crippen LogP contribution in [0.25, 0.3) is 0 Å². The number of ketones is 3. The maximum atomic E-state index is 13.2. The van der Waals surface area contributed by atoms with Crippen molar-refractivity contribution in [1.29, 1.82) is 0 Å². The highest BCUT2D eigenvalue weighted by atomic mass is 16.4. The summed E-state index contributed by atoms with van der Waals surface area (Å²) in [7, 11) is 0. The predicted octanol–water partition coefficient (Wildman–Crippen LogP) is 1.83. The molecule has 10 heteroatoms. The maximum absolute atomic E-state index is 13.2. The van der Waals surface area contributed by atoms with Crippen molar-refractivity contribution in [1.82, 2.24) is 5.32 Å². The van der Waals surface area contributed by atoms with Gasteiger partial charge in [0.15, 0.2) is 11.7 Å². The van der Waals surface area contributed by atoms with E-state index in [1.165, 1.54) is 6.92 Å². The number of carboxylic acid groups (broad SMARTS) is 1. The molecule has 0 heterocycles. The summed E-state index contributed by atoms with van der Waals surface area (Å²) >= 11 is 0. The van der Waals surface area contributed by atoms with Gasteiger partial charge in [-0.05, 0) is 44.4 Å². The van der Waals surface area contributed by atoms with Crippen LogP contribution in [0.4, 0.5) is 0 Å². The molecule has 0 spiro atoms. The quantitative estimate of drug-likeness (QED) is 0.0987. The van der Waals surface area contributed by atoms with E-state index in [-0.39, 0.29) is 61.1 Å². The van der Waals surface area contributed by atoms with Crippen LogP contribution in [0.1, 0.15) is 79.6 Å². The Balaban J connectivity index is 5.54. The lowest BCUT2D eigenvalue weighted by atomic mass is 9.86. The van der Waals surface area contributed by atoms with Crippen molar-refractivity contribution in [3.63, 3.8) is 0 Å². The van der Waals surface area contributed by atoms with Gasteiger partial charge in [0.05, 0.1) is 6.04 Å². The predicted molar refractivity (Wildman–Crippen MR) is 130 cm³/mol. The van der Waals surface area contributed by atoms with Crippen LogP contribution in [0.3, 0.4) is 0 Å². The molecule has 0 rings (SSSR count). The summed E-state index contributed by atoms with van der Waals surface area (Å²) in [6.45, 7) is 9.42. The first-order valence-electron chi connectivity index (χ1n) is 11.8. The second-order valence-corrected chi connectivity index (χ2v) is 9.78. The minimum Gasteiger partial charge on any atom is -0.481 e. The van der Waals surface area contributed by atoms with E-state index in [1.54, 1.807) is 0 Å². The third-order valence-corrected chi connectivity index (χ3v) is 5.31. The Morgan fingerprint density at radius 3 is 1.94 bits per heavy atom. The second-order valence-electron chi connectivity index (χ2n) is 9.78. The van der Waals surface area contributed by atoms with E-state index < -0.39 is 36.1 Å². The first kappa shape index (κ1) is 31.2. The van der Waals surface area contributed by atoms with Crippen molar-refractivity contribution in [2.75, 3.05) is 6.54 Å². The van der Waals surface area contributed by atoms with Crippen molar-refractivity contribution < 1.29 is 29.1 Å². The van der Waals surface area contributed by atoms with Crippen LogP contribution in [0.15, 0.2) is 4.99 Å². The number of nitrogens with one attached hydrogen (secondary N) is 1. The third-order valence-electron chi connectivity index (χ3n) is 5.31. The molecule has 6 N–H and O–H groups in total. The number of carbonyl (C=O) groups excluding carboxylic acids is 4. The van der Waals surface area contributed by atoms with E-state index in [0.29, 0.717) is 19.3 Å². The summed E-state index contributed by atoms with van der Waals surface area (Å²) in [5.74, 6) is -3.77. The number of amides is 1. The molecule has 0 fully saturated rings. The Labute approximate surface area is 202 Å². The van der Waals surface area contributed by atoms with E-state index in [4.69, 9.17) is 16.6 Å². The topological polar surface area (TPSA) is 182 Å². The zero-order valence-electron chi connectivity index (χ0n) is 21.1. The van der Waals surface area contributed by atoms with Gasteiger partial charge in [-0.3, -0.25) is 24.2 Å². The monoisotopic (exact) mass is 482 g/mol. The number of guanidine groups is 1. The molecule has 0 bridgehead atoms. The van der Waals surface area contributed by atoms with Crippen molar-refractivity contribution in [3.05, 3.63) is 0 Å². The molecular formula is C24H42N4O6. The van der Waals surface area contributed by atoms with Crippen molar-refractivity contribution in [2.45, 2.75) is 85.6 Å². The van der Waals surface area contributed by atoms with Crippen LogP contribution >= 0.6 is 0 Å². The first-order chi connectivity index (χ1) is 15.7. The van der Waals surface area contributed by atoms with Gasteiger partial charge in [-0.1, -0.05) is 27.7 Å². The molecule has 0 aliphatic rings. The summed E-state index contributed by atoms with van der Waals surface area (Å²) in [5, 5.41) is 11.8. The largest absolute Gasteiger partial charge is 0.481 e. The summed E-state index contributed by atoms with van der Waals surface area (Å²) < 4.78 is 0. The van der Waals surface area contributed by atoms with Gasteiger partial charge in [0.1, 0.15) is 18.0 Å². The molecule has 1 amide bonds. The molecule has 0 aromatic carbocycles. The average Bonchev–Trinajstić information content (AvgIpc) is 2.67. The third kappa shape index (κ3) is 14.4. The van der Waals surface area contributed by atoms with E-state index in [2.05, 4.69) is 10.3 Å². The van der Waals surface area contributed by atoms with E-state index >= 15 is 0 Å². The van der Waals surface area contributed by atoms with Crippen molar-refractivity contribution >= 4 is 35.2 Å². The van der Waals surface area contributed by atoms with Crippen LogP contribution in [-0.2, 0) is 24.0 Å². The van der Waals surface area contributed by atoms with Crippen LogP contribution in [-0.4, -0.2) is 52.9 Å². The summed E-state index contributed by atoms with van der Waals surface area (Å²) in [6.07, 6.45) is 0.751. The van der Waals surface area contributed by atoms with Crippen molar-refractivity contribution in [3.8, 4) is 0 Å². The van der Waals surface area contributed by atoms with Gasteiger partial charge in [-0.15, -0.1) is 0 Å². The normalized spacial score (nSPS) is 13.7. The van der Waals surface area contributed by atoms with Crippen LogP contribution in [0.5, 0.6) is 0 Å².